The number of benzene rings is 1. The van der Waals surface area contributed by atoms with E-state index in [1.54, 1.807) is 17.7 Å². The van der Waals surface area contributed by atoms with Crippen LogP contribution >= 0.6 is 11.3 Å². The van der Waals surface area contributed by atoms with E-state index >= 15 is 0 Å². The number of rotatable bonds is 7. The van der Waals surface area contributed by atoms with Gasteiger partial charge in [0.05, 0.1) is 10.6 Å². The number of nitrogens with one attached hydrogen (secondary N) is 2. The van der Waals surface area contributed by atoms with Gasteiger partial charge in [-0.05, 0) is 42.5 Å². The van der Waals surface area contributed by atoms with Crippen molar-refractivity contribution in [3.63, 3.8) is 0 Å². The van der Waals surface area contributed by atoms with E-state index in [1.165, 1.54) is 11.3 Å². The second-order valence-electron chi connectivity index (χ2n) is 5.35. The number of nitrogens with zero attached hydrogens (tertiary/aromatic N) is 4. The summed E-state index contributed by atoms with van der Waals surface area (Å²) < 4.78 is 28.8. The molecule has 0 unspecified atom stereocenters. The van der Waals surface area contributed by atoms with Gasteiger partial charge in [-0.15, -0.1) is 11.3 Å². The Hall–Kier alpha value is -2.30. The van der Waals surface area contributed by atoms with Gasteiger partial charge in [-0.3, -0.25) is 0 Å². The van der Waals surface area contributed by atoms with Gasteiger partial charge >= 0.3 is 0 Å². The van der Waals surface area contributed by atoms with E-state index in [4.69, 9.17) is 0 Å². The number of aromatic nitrogens is 4. The number of anilines is 1. The third kappa shape index (κ3) is 4.03. The Bertz CT molecular complexity index is 950. The molecule has 0 radical (unpaired) electrons. The Labute approximate surface area is 149 Å². The van der Waals surface area contributed by atoms with Crippen molar-refractivity contribution in [2.75, 3.05) is 18.4 Å². The minimum Gasteiger partial charge on any atom is -0.351 e. The number of hydrogen-bond donors (Lipinski definition) is 2. The first-order valence-corrected chi connectivity index (χ1v) is 9.92. The van der Waals surface area contributed by atoms with E-state index in [9.17, 15) is 8.42 Å². The number of thiophene rings is 1. The molecule has 10 heteroatoms. The zero-order chi connectivity index (χ0) is 17.9. The number of hydrogen-bond acceptors (Lipinski definition) is 7. The maximum Gasteiger partial charge on any atom is 0.247 e. The largest absolute Gasteiger partial charge is 0.351 e. The molecule has 0 atom stereocenters. The van der Waals surface area contributed by atoms with E-state index in [0.717, 1.165) is 15.4 Å². The van der Waals surface area contributed by atoms with Crippen LogP contribution < -0.4 is 10.0 Å². The van der Waals surface area contributed by atoms with E-state index < -0.39 is 10.0 Å². The van der Waals surface area contributed by atoms with Gasteiger partial charge < -0.3 is 5.32 Å². The minimum absolute atomic E-state index is 0.221. The summed E-state index contributed by atoms with van der Waals surface area (Å²) >= 11 is 1.47. The van der Waals surface area contributed by atoms with Gasteiger partial charge in [-0.1, -0.05) is 23.3 Å². The number of tetrazole rings is 1. The quantitative estimate of drug-likeness (QED) is 0.607. The Balaban J connectivity index is 1.60. The van der Waals surface area contributed by atoms with Crippen LogP contribution in [0.5, 0.6) is 0 Å². The SMILES string of the molecule is Cc1cc(S(=O)(=O)NCCNc2nnnn2-c2ccccc2)c(C)s1. The summed E-state index contributed by atoms with van der Waals surface area (Å²) in [4.78, 5) is 2.09. The van der Waals surface area contributed by atoms with Gasteiger partial charge in [0, 0.05) is 22.8 Å². The summed E-state index contributed by atoms with van der Waals surface area (Å²) in [7, 11) is -3.51. The predicted octanol–water partition coefficient (Wildman–Crippen LogP) is 1.73. The Morgan fingerprint density at radius 3 is 2.60 bits per heavy atom. The van der Waals surface area contributed by atoms with Gasteiger partial charge in [0.15, 0.2) is 0 Å². The standard InChI is InChI=1S/C15H18N6O2S2/c1-11-10-14(12(2)24-11)25(22,23)17-9-8-16-15-18-19-20-21(15)13-6-4-3-5-7-13/h3-7,10,17H,8-9H2,1-2H3,(H,16,18,20). The van der Waals surface area contributed by atoms with Crippen molar-refractivity contribution >= 4 is 27.3 Å². The van der Waals surface area contributed by atoms with Crippen LogP contribution in [0.1, 0.15) is 9.75 Å². The highest BCUT2D eigenvalue weighted by atomic mass is 32.2. The minimum atomic E-state index is -3.51. The molecule has 0 spiro atoms. The zero-order valence-corrected chi connectivity index (χ0v) is 15.4. The number of aryl methyl sites for hydroxylation is 2. The molecular weight excluding hydrogens is 360 g/mol. The Kier molecular flexibility index (Phi) is 5.11. The second-order valence-corrected chi connectivity index (χ2v) is 8.55. The lowest BCUT2D eigenvalue weighted by atomic mass is 10.3. The summed E-state index contributed by atoms with van der Waals surface area (Å²) in [5.41, 5.74) is 0.819. The monoisotopic (exact) mass is 378 g/mol. The summed E-state index contributed by atoms with van der Waals surface area (Å²) in [5.74, 6) is 0.452. The normalized spacial score (nSPS) is 11.6. The lowest BCUT2D eigenvalue weighted by Gasteiger charge is -2.08. The van der Waals surface area contributed by atoms with E-state index in [0.29, 0.717) is 17.4 Å². The Morgan fingerprint density at radius 1 is 1.16 bits per heavy atom. The van der Waals surface area contributed by atoms with Crippen LogP contribution in [-0.2, 0) is 10.0 Å². The van der Waals surface area contributed by atoms with Gasteiger partial charge in [0.25, 0.3) is 0 Å². The van der Waals surface area contributed by atoms with E-state index in [2.05, 4.69) is 25.6 Å². The molecule has 2 aromatic heterocycles. The van der Waals surface area contributed by atoms with Crippen LogP contribution in [0, 0.1) is 13.8 Å². The van der Waals surface area contributed by atoms with Crippen molar-refractivity contribution in [2.24, 2.45) is 0 Å². The molecular formula is C15H18N6O2S2. The first kappa shape index (κ1) is 17.5. The fraction of sp³-hybridized carbons (Fsp3) is 0.267. The fourth-order valence-electron chi connectivity index (χ4n) is 2.35. The molecule has 0 amide bonds. The average Bonchev–Trinajstić information content (AvgIpc) is 3.19. The molecule has 0 aliphatic heterocycles. The summed E-state index contributed by atoms with van der Waals surface area (Å²) in [6.07, 6.45) is 0. The first-order valence-electron chi connectivity index (χ1n) is 7.62. The molecule has 1 aromatic carbocycles. The molecule has 3 rings (SSSR count). The van der Waals surface area contributed by atoms with Crippen molar-refractivity contribution in [3.05, 3.63) is 46.2 Å². The van der Waals surface area contributed by atoms with Crippen molar-refractivity contribution in [2.45, 2.75) is 18.7 Å². The van der Waals surface area contributed by atoms with Crippen molar-refractivity contribution < 1.29 is 8.42 Å². The predicted molar refractivity (Wildman–Crippen MR) is 96.6 cm³/mol. The zero-order valence-electron chi connectivity index (χ0n) is 13.8. The molecule has 2 heterocycles. The molecule has 0 bridgehead atoms. The second kappa shape index (κ2) is 7.30. The van der Waals surface area contributed by atoms with Crippen molar-refractivity contribution in [3.8, 4) is 5.69 Å². The van der Waals surface area contributed by atoms with E-state index in [1.807, 2.05) is 37.3 Å². The van der Waals surface area contributed by atoms with Crippen LogP contribution in [0.15, 0.2) is 41.3 Å². The van der Waals surface area contributed by atoms with Gasteiger partial charge in [0.1, 0.15) is 0 Å². The van der Waals surface area contributed by atoms with Gasteiger partial charge in [0.2, 0.25) is 16.0 Å². The first-order chi connectivity index (χ1) is 12.0. The molecule has 0 aliphatic rings. The highest BCUT2D eigenvalue weighted by molar-refractivity contribution is 7.89. The fourth-order valence-corrected chi connectivity index (χ4v) is 4.94. The highest BCUT2D eigenvalue weighted by Gasteiger charge is 2.18. The summed E-state index contributed by atoms with van der Waals surface area (Å²) in [5, 5.41) is 14.5. The third-order valence-electron chi connectivity index (χ3n) is 3.46. The molecule has 132 valence electrons. The maximum atomic E-state index is 12.3. The van der Waals surface area contributed by atoms with Crippen molar-refractivity contribution in [1.29, 1.82) is 0 Å². The lowest BCUT2D eigenvalue weighted by Crippen LogP contribution is -2.29. The van der Waals surface area contributed by atoms with Crippen LogP contribution in [0.2, 0.25) is 0 Å². The number of para-hydroxylation sites is 1. The van der Waals surface area contributed by atoms with Crippen LogP contribution in [-0.4, -0.2) is 41.7 Å². The molecule has 0 saturated heterocycles. The van der Waals surface area contributed by atoms with Gasteiger partial charge in [-0.2, -0.15) is 4.68 Å². The van der Waals surface area contributed by atoms with E-state index in [-0.39, 0.29) is 6.54 Å². The smallest absolute Gasteiger partial charge is 0.247 e. The molecule has 3 aromatic rings. The molecule has 0 saturated carbocycles. The molecule has 0 aliphatic carbocycles. The molecule has 8 nitrogen and oxygen atoms in total. The van der Waals surface area contributed by atoms with Crippen LogP contribution in [0.4, 0.5) is 5.95 Å². The summed E-state index contributed by atoms with van der Waals surface area (Å²) in [6.45, 7) is 4.27. The summed E-state index contributed by atoms with van der Waals surface area (Å²) in [6, 6.07) is 11.1. The molecule has 2 N–H and O–H groups in total. The molecule has 0 fully saturated rings. The maximum absolute atomic E-state index is 12.3. The van der Waals surface area contributed by atoms with Crippen molar-refractivity contribution in [1.82, 2.24) is 24.9 Å². The Morgan fingerprint density at radius 2 is 1.92 bits per heavy atom. The highest BCUT2D eigenvalue weighted by Crippen LogP contribution is 2.24. The lowest BCUT2D eigenvalue weighted by molar-refractivity contribution is 0.582. The van der Waals surface area contributed by atoms with Crippen LogP contribution in [0.25, 0.3) is 5.69 Å². The number of sulfonamides is 1. The van der Waals surface area contributed by atoms with Gasteiger partial charge in [-0.25, -0.2) is 13.1 Å². The topological polar surface area (TPSA) is 102 Å². The average molecular weight is 378 g/mol. The third-order valence-corrected chi connectivity index (χ3v) is 6.14. The molecule has 25 heavy (non-hydrogen) atoms. The van der Waals surface area contributed by atoms with Crippen LogP contribution in [0.3, 0.4) is 0 Å².